The molecule has 0 bridgehead atoms. The van der Waals surface area contributed by atoms with Crippen LogP contribution in [0.15, 0.2) is 42.5 Å². The molecule has 2 aliphatic rings. The number of nitrogens with one attached hydrogen (secondary N) is 1. The third-order valence-electron chi connectivity index (χ3n) is 5.84. The molecule has 0 radical (unpaired) electrons. The van der Waals surface area contributed by atoms with Crippen LogP contribution >= 0.6 is 11.8 Å². The van der Waals surface area contributed by atoms with Gasteiger partial charge in [0.15, 0.2) is 4.75 Å². The molecule has 4 rings (SSSR count). The van der Waals surface area contributed by atoms with E-state index in [0.29, 0.717) is 11.4 Å². The van der Waals surface area contributed by atoms with E-state index in [-0.39, 0.29) is 19.1 Å². The smallest absolute Gasteiger partial charge is 0.249 e. The lowest BCUT2D eigenvalue weighted by molar-refractivity contribution is -0.118. The Balaban J connectivity index is 1.52. The van der Waals surface area contributed by atoms with Crippen molar-refractivity contribution < 1.29 is 17.9 Å². The van der Waals surface area contributed by atoms with E-state index in [1.54, 1.807) is 24.3 Å². The zero-order chi connectivity index (χ0) is 21.5. The predicted octanol–water partition coefficient (Wildman–Crippen LogP) is 3.73. The third-order valence-corrected chi connectivity index (χ3v) is 9.53. The summed E-state index contributed by atoms with van der Waals surface area (Å²) in [4.78, 5) is 13.1. The number of carbonyl (C=O) groups excluding carboxylic acids is 1. The highest BCUT2D eigenvalue weighted by molar-refractivity contribution is 8.00. The number of rotatable bonds is 5. The molecule has 1 N–H and O–H groups in total. The highest BCUT2D eigenvalue weighted by Gasteiger charge is 2.55. The van der Waals surface area contributed by atoms with E-state index in [1.165, 1.54) is 11.2 Å². The second-order valence-corrected chi connectivity index (χ2v) is 11.4. The maximum atomic E-state index is 13.4. The molecule has 0 aliphatic carbocycles. The lowest BCUT2D eigenvalue weighted by atomic mass is 10.1. The Morgan fingerprint density at radius 2 is 1.77 bits per heavy atom. The number of nitrogens with zero attached hydrogens (tertiary/aromatic N) is 1. The first-order valence-electron chi connectivity index (χ1n) is 9.97. The molecule has 1 atom stereocenters. The highest BCUT2D eigenvalue weighted by atomic mass is 32.2. The summed E-state index contributed by atoms with van der Waals surface area (Å²) >= 11 is 1.85. The summed E-state index contributed by atoms with van der Waals surface area (Å²) in [5, 5.41) is 2.79. The summed E-state index contributed by atoms with van der Waals surface area (Å²) in [5.74, 6) is 2.22. The molecule has 2 aromatic rings. The summed E-state index contributed by atoms with van der Waals surface area (Å²) in [6, 6.07) is 12.8. The number of aryl methyl sites for hydroxylation is 2. The maximum absolute atomic E-state index is 13.4. The quantitative estimate of drug-likeness (QED) is 0.757. The normalized spacial score (nSPS) is 23.1. The van der Waals surface area contributed by atoms with Gasteiger partial charge in [-0.2, -0.15) is 11.8 Å². The van der Waals surface area contributed by atoms with Gasteiger partial charge in [0.05, 0.1) is 5.69 Å². The molecule has 30 heavy (non-hydrogen) atoms. The average Bonchev–Trinajstić information content (AvgIpc) is 2.90. The van der Waals surface area contributed by atoms with Crippen molar-refractivity contribution in [3.8, 4) is 5.75 Å². The van der Waals surface area contributed by atoms with Crippen molar-refractivity contribution in [3.05, 3.63) is 53.6 Å². The first-order valence-corrected chi connectivity index (χ1v) is 12.6. The standard InChI is InChI=1S/C22H26N2O4S2/c1-15-5-4-6-16(2)20(15)24-12-11-22(3,30(24,26)27)21(25)23-17-7-9-18(10-8-17)28-19-13-29-14-19/h4-10,19H,11-14H2,1-3H3,(H,23,25). The van der Waals surface area contributed by atoms with Gasteiger partial charge < -0.3 is 10.1 Å². The number of benzene rings is 2. The van der Waals surface area contributed by atoms with Crippen LogP contribution in [-0.4, -0.2) is 43.2 Å². The van der Waals surface area contributed by atoms with Crippen LogP contribution in [0.1, 0.15) is 24.5 Å². The number of thioether (sulfide) groups is 1. The van der Waals surface area contributed by atoms with Gasteiger partial charge in [-0.15, -0.1) is 0 Å². The topological polar surface area (TPSA) is 75.7 Å². The average molecular weight is 447 g/mol. The van der Waals surface area contributed by atoms with Gasteiger partial charge in [0, 0.05) is 23.7 Å². The maximum Gasteiger partial charge on any atom is 0.249 e. The molecule has 2 saturated heterocycles. The lowest BCUT2D eigenvalue weighted by Crippen LogP contribution is -2.47. The Morgan fingerprint density at radius 1 is 1.13 bits per heavy atom. The van der Waals surface area contributed by atoms with E-state index < -0.39 is 20.7 Å². The van der Waals surface area contributed by atoms with Crippen molar-refractivity contribution in [2.75, 3.05) is 27.7 Å². The van der Waals surface area contributed by atoms with Gasteiger partial charge in [-0.3, -0.25) is 9.10 Å². The highest BCUT2D eigenvalue weighted by Crippen LogP contribution is 2.40. The first-order chi connectivity index (χ1) is 14.2. The van der Waals surface area contributed by atoms with E-state index in [9.17, 15) is 13.2 Å². The minimum atomic E-state index is -3.87. The molecule has 2 aliphatic heterocycles. The van der Waals surface area contributed by atoms with Gasteiger partial charge in [-0.1, -0.05) is 18.2 Å². The molecule has 2 fully saturated rings. The molecule has 0 saturated carbocycles. The number of para-hydroxylation sites is 1. The van der Waals surface area contributed by atoms with Gasteiger partial charge in [0.2, 0.25) is 15.9 Å². The van der Waals surface area contributed by atoms with Crippen molar-refractivity contribution in [2.45, 2.75) is 38.0 Å². The van der Waals surface area contributed by atoms with Crippen molar-refractivity contribution in [2.24, 2.45) is 0 Å². The first kappa shape index (κ1) is 21.1. The Labute approximate surface area is 182 Å². The van der Waals surface area contributed by atoms with Gasteiger partial charge in [0.25, 0.3) is 0 Å². The zero-order valence-corrected chi connectivity index (χ0v) is 19.0. The van der Waals surface area contributed by atoms with Gasteiger partial charge in [0.1, 0.15) is 11.9 Å². The molecule has 2 heterocycles. The van der Waals surface area contributed by atoms with Crippen molar-refractivity contribution in [1.29, 1.82) is 0 Å². The van der Waals surface area contributed by atoms with Crippen LogP contribution in [0.4, 0.5) is 11.4 Å². The lowest BCUT2D eigenvalue weighted by Gasteiger charge is -2.27. The van der Waals surface area contributed by atoms with E-state index in [2.05, 4.69) is 5.32 Å². The Bertz CT molecular complexity index is 1040. The van der Waals surface area contributed by atoms with E-state index in [4.69, 9.17) is 4.74 Å². The Kier molecular flexibility index (Phi) is 5.48. The van der Waals surface area contributed by atoms with Gasteiger partial charge >= 0.3 is 0 Å². The number of hydrogen-bond acceptors (Lipinski definition) is 5. The van der Waals surface area contributed by atoms with E-state index in [1.807, 2.05) is 43.8 Å². The summed E-state index contributed by atoms with van der Waals surface area (Å²) < 4.78 is 32.5. The van der Waals surface area contributed by atoms with E-state index in [0.717, 1.165) is 28.4 Å². The zero-order valence-electron chi connectivity index (χ0n) is 17.3. The van der Waals surface area contributed by atoms with Crippen LogP contribution in [0, 0.1) is 13.8 Å². The summed E-state index contributed by atoms with van der Waals surface area (Å²) in [6.45, 7) is 5.57. The number of amides is 1. The molecule has 0 spiro atoms. The summed E-state index contributed by atoms with van der Waals surface area (Å²) in [6.07, 6.45) is 0.476. The molecule has 8 heteroatoms. The second-order valence-electron chi connectivity index (χ2n) is 8.05. The SMILES string of the molecule is Cc1cccc(C)c1N1CCC(C)(C(=O)Nc2ccc(OC3CSC3)cc2)S1(=O)=O. The predicted molar refractivity (Wildman–Crippen MR) is 122 cm³/mol. The summed E-state index contributed by atoms with van der Waals surface area (Å²) in [7, 11) is -3.87. The van der Waals surface area contributed by atoms with Crippen LogP contribution in [0.25, 0.3) is 0 Å². The molecule has 160 valence electrons. The Morgan fingerprint density at radius 3 is 2.33 bits per heavy atom. The fourth-order valence-corrected chi connectivity index (χ4v) is 6.37. The number of ether oxygens (including phenoxy) is 1. The van der Waals surface area contributed by atoms with E-state index >= 15 is 0 Å². The van der Waals surface area contributed by atoms with Crippen LogP contribution in [0.2, 0.25) is 0 Å². The monoisotopic (exact) mass is 446 g/mol. The van der Waals surface area contributed by atoms with Crippen LogP contribution in [0.3, 0.4) is 0 Å². The number of carbonyl (C=O) groups is 1. The van der Waals surface area contributed by atoms with Gasteiger partial charge in [-0.05, 0) is 62.6 Å². The summed E-state index contributed by atoms with van der Waals surface area (Å²) in [5.41, 5.74) is 2.98. The minimum absolute atomic E-state index is 0.232. The van der Waals surface area contributed by atoms with Crippen LogP contribution in [0.5, 0.6) is 5.75 Å². The van der Waals surface area contributed by atoms with Crippen molar-refractivity contribution in [1.82, 2.24) is 0 Å². The fraction of sp³-hybridized carbons (Fsp3) is 0.409. The molecule has 1 amide bonds. The third kappa shape index (κ3) is 3.56. The second kappa shape index (κ2) is 7.81. The number of sulfonamides is 1. The Hall–Kier alpha value is -2.19. The molecular weight excluding hydrogens is 420 g/mol. The van der Waals surface area contributed by atoms with Crippen molar-refractivity contribution >= 4 is 39.1 Å². The molecule has 6 nitrogen and oxygen atoms in total. The molecule has 1 unspecified atom stereocenters. The van der Waals surface area contributed by atoms with Crippen LogP contribution < -0.4 is 14.4 Å². The molecule has 2 aromatic carbocycles. The minimum Gasteiger partial charge on any atom is -0.489 e. The van der Waals surface area contributed by atoms with Crippen molar-refractivity contribution in [3.63, 3.8) is 0 Å². The van der Waals surface area contributed by atoms with Gasteiger partial charge in [-0.25, -0.2) is 8.42 Å². The van der Waals surface area contributed by atoms with Crippen LogP contribution in [-0.2, 0) is 14.8 Å². The number of hydrogen-bond donors (Lipinski definition) is 1. The fourth-order valence-electron chi connectivity index (χ4n) is 3.82. The number of anilines is 2. The molecular formula is C22H26N2O4S2. The largest absolute Gasteiger partial charge is 0.489 e. The molecule has 0 aromatic heterocycles.